The smallest absolute Gasteiger partial charge is 0.253 e. The highest BCUT2D eigenvalue weighted by Crippen LogP contribution is 2.15. The van der Waals surface area contributed by atoms with Crippen molar-refractivity contribution in [3.8, 4) is 0 Å². The Morgan fingerprint density at radius 1 is 1.13 bits per heavy atom. The molecule has 0 aliphatic rings. The molecule has 0 saturated carbocycles. The number of rotatable bonds is 12. The van der Waals surface area contributed by atoms with Gasteiger partial charge in [0, 0.05) is 30.6 Å². The van der Waals surface area contributed by atoms with Gasteiger partial charge < -0.3 is 20.1 Å². The maximum absolute atomic E-state index is 12.7. The van der Waals surface area contributed by atoms with Gasteiger partial charge in [-0.3, -0.25) is 4.79 Å². The van der Waals surface area contributed by atoms with Gasteiger partial charge in [0.2, 0.25) is 0 Å². The second-order valence-electron chi connectivity index (χ2n) is 7.97. The van der Waals surface area contributed by atoms with Gasteiger partial charge in [0.25, 0.3) is 5.56 Å². The van der Waals surface area contributed by atoms with Crippen molar-refractivity contribution in [1.29, 1.82) is 0 Å². The Hall–Kier alpha value is -1.92. The van der Waals surface area contributed by atoms with E-state index in [2.05, 4.69) is 55.0 Å². The lowest BCUT2D eigenvalue weighted by molar-refractivity contribution is -0.896. The van der Waals surface area contributed by atoms with E-state index in [1.54, 1.807) is 4.90 Å². The average Bonchev–Trinajstić information content (AvgIpc) is 2.76. The molecule has 0 unspecified atom stereocenters. The van der Waals surface area contributed by atoms with E-state index in [4.69, 9.17) is 12.2 Å². The van der Waals surface area contributed by atoms with Crippen LogP contribution in [0.4, 0.5) is 0 Å². The number of unbranched alkanes of at least 4 members (excludes halogenated alkanes) is 1. The summed E-state index contributed by atoms with van der Waals surface area (Å²) in [6.07, 6.45) is 4.26. The molecular weight excluding hydrogens is 392 g/mol. The Morgan fingerprint density at radius 2 is 1.90 bits per heavy atom. The van der Waals surface area contributed by atoms with Gasteiger partial charge in [-0.05, 0) is 68.1 Å². The predicted octanol–water partition coefficient (Wildman–Crippen LogP) is 2.88. The highest BCUT2D eigenvalue weighted by molar-refractivity contribution is 7.80. The molecule has 3 N–H and O–H groups in total. The van der Waals surface area contributed by atoms with Crippen LogP contribution >= 0.6 is 12.2 Å². The summed E-state index contributed by atoms with van der Waals surface area (Å²) >= 11 is 5.70. The summed E-state index contributed by atoms with van der Waals surface area (Å²) in [5.41, 5.74) is 2.91. The fraction of sp³-hybridized carbons (Fsp3) is 0.583. The highest BCUT2D eigenvalue weighted by Gasteiger charge is 2.14. The largest absolute Gasteiger partial charge is 0.363 e. The van der Waals surface area contributed by atoms with Crippen molar-refractivity contribution in [2.24, 2.45) is 0 Å². The lowest BCUT2D eigenvalue weighted by Crippen LogP contribution is -3.11. The standard InChI is InChI=1S/C24H38N4OS/c1-5-9-13-25-24(30)28(15-10-14-27(7-3)8-4)18-21-17-20-16-19(6-2)11-12-22(20)26-23(21)29/h11-12,16-17H,5-10,13-15,18H2,1-4H3,(H,25,30)(H,26,29)/p+1. The van der Waals surface area contributed by atoms with E-state index in [9.17, 15) is 4.79 Å². The van der Waals surface area contributed by atoms with Crippen molar-refractivity contribution in [1.82, 2.24) is 15.2 Å². The van der Waals surface area contributed by atoms with Crippen molar-refractivity contribution in [3.05, 3.63) is 45.7 Å². The second kappa shape index (κ2) is 12.7. The molecule has 1 aromatic heterocycles. The first kappa shape index (κ1) is 24.4. The van der Waals surface area contributed by atoms with Crippen molar-refractivity contribution < 1.29 is 4.90 Å². The third-order valence-corrected chi connectivity index (χ3v) is 6.21. The van der Waals surface area contributed by atoms with Crippen molar-refractivity contribution in [2.75, 3.05) is 32.7 Å². The summed E-state index contributed by atoms with van der Waals surface area (Å²) < 4.78 is 0. The third-order valence-electron chi connectivity index (χ3n) is 5.81. The van der Waals surface area contributed by atoms with Gasteiger partial charge in [0.15, 0.2) is 5.11 Å². The van der Waals surface area contributed by atoms with Crippen LogP contribution in [0.3, 0.4) is 0 Å². The van der Waals surface area contributed by atoms with E-state index >= 15 is 0 Å². The highest BCUT2D eigenvalue weighted by atomic mass is 32.1. The van der Waals surface area contributed by atoms with Gasteiger partial charge in [0.05, 0.1) is 26.2 Å². The summed E-state index contributed by atoms with van der Waals surface area (Å²) in [5.74, 6) is 0. The van der Waals surface area contributed by atoms with E-state index in [0.717, 1.165) is 80.0 Å². The van der Waals surface area contributed by atoms with E-state index in [-0.39, 0.29) is 5.56 Å². The zero-order valence-corrected chi connectivity index (χ0v) is 20.0. The molecule has 1 heterocycles. The van der Waals surface area contributed by atoms with Gasteiger partial charge in [-0.1, -0.05) is 26.3 Å². The number of aromatic amines is 1. The van der Waals surface area contributed by atoms with Crippen LogP contribution in [0.25, 0.3) is 10.9 Å². The number of hydrogen-bond donors (Lipinski definition) is 3. The first-order chi connectivity index (χ1) is 14.5. The quantitative estimate of drug-likeness (QED) is 0.357. The molecule has 0 saturated heterocycles. The van der Waals surface area contributed by atoms with Crippen LogP contribution in [0.5, 0.6) is 0 Å². The zero-order chi connectivity index (χ0) is 21.9. The molecule has 0 amide bonds. The van der Waals surface area contributed by atoms with E-state index in [1.807, 2.05) is 12.1 Å². The third kappa shape index (κ3) is 7.10. The summed E-state index contributed by atoms with van der Waals surface area (Å²) in [7, 11) is 0. The van der Waals surface area contributed by atoms with E-state index in [0.29, 0.717) is 6.54 Å². The van der Waals surface area contributed by atoms with E-state index in [1.165, 1.54) is 5.56 Å². The number of aryl methyl sites for hydroxylation is 1. The number of nitrogens with one attached hydrogen (secondary N) is 3. The van der Waals surface area contributed by atoms with Gasteiger partial charge in [0.1, 0.15) is 0 Å². The Balaban J connectivity index is 2.19. The minimum Gasteiger partial charge on any atom is -0.363 e. The van der Waals surface area contributed by atoms with Crippen LogP contribution in [0.2, 0.25) is 0 Å². The van der Waals surface area contributed by atoms with Gasteiger partial charge in [-0.2, -0.15) is 0 Å². The molecule has 0 spiro atoms. The Kier molecular flexibility index (Phi) is 10.3. The summed E-state index contributed by atoms with van der Waals surface area (Å²) in [6.45, 7) is 14.4. The Morgan fingerprint density at radius 3 is 2.57 bits per heavy atom. The normalized spacial score (nSPS) is 11.2. The van der Waals surface area contributed by atoms with Crippen LogP contribution in [0.1, 0.15) is 58.1 Å². The number of hydrogen-bond acceptors (Lipinski definition) is 2. The predicted molar refractivity (Wildman–Crippen MR) is 131 cm³/mol. The molecule has 1 aromatic carbocycles. The maximum Gasteiger partial charge on any atom is 0.253 e. The number of pyridine rings is 1. The first-order valence-electron chi connectivity index (χ1n) is 11.5. The summed E-state index contributed by atoms with van der Waals surface area (Å²) in [6, 6.07) is 8.28. The van der Waals surface area contributed by atoms with Gasteiger partial charge in [-0.15, -0.1) is 0 Å². The number of aromatic nitrogens is 1. The fourth-order valence-electron chi connectivity index (χ4n) is 3.70. The molecule has 0 atom stereocenters. The number of quaternary nitrogens is 1. The number of H-pyrrole nitrogens is 1. The molecule has 5 nitrogen and oxygen atoms in total. The number of fused-ring (bicyclic) bond motifs is 1. The monoisotopic (exact) mass is 431 g/mol. The van der Waals surface area contributed by atoms with Crippen LogP contribution < -0.4 is 15.8 Å². The molecule has 0 aliphatic carbocycles. The Bertz CT molecular complexity index is 860. The average molecular weight is 432 g/mol. The lowest BCUT2D eigenvalue weighted by Gasteiger charge is -2.26. The van der Waals surface area contributed by atoms with Crippen LogP contribution in [0, 0.1) is 0 Å². The molecule has 0 aliphatic heterocycles. The molecule has 0 radical (unpaired) electrons. The Labute approximate surface area is 186 Å². The molecule has 2 aromatic rings. The van der Waals surface area contributed by atoms with E-state index < -0.39 is 0 Å². The maximum atomic E-state index is 12.7. The van der Waals surface area contributed by atoms with Crippen LogP contribution in [0.15, 0.2) is 29.1 Å². The minimum absolute atomic E-state index is 0.0255. The number of nitrogens with zero attached hydrogens (tertiary/aromatic N) is 1. The molecule has 2 rings (SSSR count). The molecule has 0 fully saturated rings. The van der Waals surface area contributed by atoms with Crippen molar-refractivity contribution >= 4 is 28.2 Å². The number of benzene rings is 1. The SMILES string of the molecule is CCCCNC(=S)N(CCC[NH+](CC)CC)Cc1cc2cc(CC)ccc2[nH]c1=O. The lowest BCUT2D eigenvalue weighted by atomic mass is 10.1. The second-order valence-corrected chi connectivity index (χ2v) is 8.35. The fourth-order valence-corrected chi connectivity index (χ4v) is 3.96. The van der Waals surface area contributed by atoms with Gasteiger partial charge in [-0.25, -0.2) is 0 Å². The van der Waals surface area contributed by atoms with Crippen molar-refractivity contribution in [2.45, 2.75) is 59.9 Å². The summed E-state index contributed by atoms with van der Waals surface area (Å²) in [4.78, 5) is 19.5. The molecule has 166 valence electrons. The van der Waals surface area contributed by atoms with Crippen LogP contribution in [-0.4, -0.2) is 47.7 Å². The minimum atomic E-state index is -0.0255. The van der Waals surface area contributed by atoms with Gasteiger partial charge >= 0.3 is 0 Å². The molecule has 30 heavy (non-hydrogen) atoms. The molecule has 6 heteroatoms. The van der Waals surface area contributed by atoms with Crippen LogP contribution in [-0.2, 0) is 13.0 Å². The zero-order valence-electron chi connectivity index (χ0n) is 19.1. The molecular formula is C24H39N4OS+. The summed E-state index contributed by atoms with van der Waals surface area (Å²) in [5, 5.41) is 5.22. The number of thiocarbonyl (C=S) groups is 1. The van der Waals surface area contributed by atoms with Crippen molar-refractivity contribution in [3.63, 3.8) is 0 Å². The first-order valence-corrected chi connectivity index (χ1v) is 11.9. The molecule has 0 bridgehead atoms. The topological polar surface area (TPSA) is 52.6 Å².